The number of carbonyl (C=O) groups excluding carboxylic acids is 1. The van der Waals surface area contributed by atoms with E-state index in [0.717, 1.165) is 28.2 Å². The molecule has 1 saturated heterocycles. The molecule has 6 nitrogen and oxygen atoms in total. The van der Waals surface area contributed by atoms with Gasteiger partial charge >= 0.3 is 12.1 Å². The number of imidazole rings is 1. The maximum atomic E-state index is 12.8. The molecule has 0 N–H and O–H groups in total. The minimum atomic E-state index is -5.00. The monoisotopic (exact) mass is 524 g/mol. The minimum Gasteiger partial charge on any atom is -0.458 e. The van der Waals surface area contributed by atoms with E-state index in [0.29, 0.717) is 51.0 Å². The van der Waals surface area contributed by atoms with Crippen LogP contribution in [-0.2, 0) is 29.0 Å². The summed E-state index contributed by atoms with van der Waals surface area (Å²) in [6.07, 6.45) is -1.39. The smallest absolute Gasteiger partial charge is 0.458 e. The van der Waals surface area contributed by atoms with Gasteiger partial charge < -0.3 is 9.30 Å². The van der Waals surface area contributed by atoms with Crippen molar-refractivity contribution >= 4 is 5.97 Å². The summed E-state index contributed by atoms with van der Waals surface area (Å²) < 4.78 is 45.5. The minimum absolute atomic E-state index is 0.261. The van der Waals surface area contributed by atoms with Crippen LogP contribution >= 0.6 is 0 Å². The zero-order valence-electron chi connectivity index (χ0n) is 21.6. The van der Waals surface area contributed by atoms with Crippen LogP contribution in [0.1, 0.15) is 46.6 Å². The molecule has 38 heavy (non-hydrogen) atoms. The zero-order valence-corrected chi connectivity index (χ0v) is 21.6. The molecule has 3 aromatic rings. The van der Waals surface area contributed by atoms with Gasteiger partial charge in [-0.1, -0.05) is 42.0 Å². The van der Waals surface area contributed by atoms with Crippen LogP contribution in [0.5, 0.6) is 0 Å². The van der Waals surface area contributed by atoms with Gasteiger partial charge in [-0.3, -0.25) is 4.90 Å². The molecule has 1 aliphatic rings. The number of hydrogen-bond donors (Lipinski definition) is 0. The number of aromatic nitrogens is 2. The molecular formula is C29H31F3N4O2. The number of piperidine rings is 1. The van der Waals surface area contributed by atoms with Crippen molar-refractivity contribution in [2.45, 2.75) is 52.4 Å². The summed E-state index contributed by atoms with van der Waals surface area (Å²) >= 11 is 0. The van der Waals surface area contributed by atoms with Gasteiger partial charge in [-0.15, -0.1) is 0 Å². The Balaban J connectivity index is 1.45. The van der Waals surface area contributed by atoms with Crippen molar-refractivity contribution in [2.75, 3.05) is 19.7 Å². The molecule has 0 radical (unpaired) electrons. The Morgan fingerprint density at radius 3 is 2.42 bits per heavy atom. The molecule has 0 amide bonds. The summed E-state index contributed by atoms with van der Waals surface area (Å²) in [7, 11) is 0. The van der Waals surface area contributed by atoms with Gasteiger partial charge in [0, 0.05) is 24.7 Å². The number of nitrogens with zero attached hydrogens (tertiary/aromatic N) is 4. The lowest BCUT2D eigenvalue weighted by Gasteiger charge is -2.41. The predicted molar refractivity (Wildman–Crippen MR) is 136 cm³/mol. The van der Waals surface area contributed by atoms with Crippen LogP contribution in [-0.4, -0.2) is 46.3 Å². The third-order valence-corrected chi connectivity index (χ3v) is 7.27. The molecule has 0 spiro atoms. The second kappa shape index (κ2) is 11.4. The van der Waals surface area contributed by atoms with E-state index in [2.05, 4.69) is 20.5 Å². The van der Waals surface area contributed by atoms with Crippen LogP contribution in [0.3, 0.4) is 0 Å². The molecule has 0 aliphatic carbocycles. The number of aryl methyl sites for hydroxylation is 2. The van der Waals surface area contributed by atoms with Crippen molar-refractivity contribution in [3.8, 4) is 6.07 Å². The molecular weight excluding hydrogens is 493 g/mol. The highest BCUT2D eigenvalue weighted by Crippen LogP contribution is 2.37. The fourth-order valence-corrected chi connectivity index (χ4v) is 5.07. The van der Waals surface area contributed by atoms with Crippen molar-refractivity contribution in [2.24, 2.45) is 5.41 Å². The molecule has 2 aromatic carbocycles. The number of likely N-dealkylation sites (tertiary alicyclic amines) is 1. The first-order chi connectivity index (χ1) is 18.1. The van der Waals surface area contributed by atoms with E-state index >= 15 is 0 Å². The number of benzene rings is 2. The van der Waals surface area contributed by atoms with Gasteiger partial charge in [-0.2, -0.15) is 18.4 Å². The topological polar surface area (TPSA) is 71.2 Å². The highest BCUT2D eigenvalue weighted by Gasteiger charge is 2.43. The van der Waals surface area contributed by atoms with Crippen LogP contribution in [0.2, 0.25) is 0 Å². The molecule has 200 valence electrons. The fourth-order valence-electron chi connectivity index (χ4n) is 5.07. The standard InChI is InChI=1S/C29H31F3N4O2/c1-21-4-3-5-25(14-21)15-28(20-38-27(37)29(30,31)32)10-12-35(13-11-28)19-26-17-34-22(2)36(26)18-24-8-6-23(16-33)7-9-24/h3-9,14,17H,10-13,15,18-20H2,1-2H3. The molecule has 2 heterocycles. The summed E-state index contributed by atoms with van der Waals surface area (Å²) in [5, 5.41) is 9.04. The van der Waals surface area contributed by atoms with Gasteiger partial charge in [-0.25, -0.2) is 9.78 Å². The molecule has 1 aliphatic heterocycles. The van der Waals surface area contributed by atoms with Gasteiger partial charge in [0.2, 0.25) is 0 Å². The van der Waals surface area contributed by atoms with Crippen LogP contribution in [0, 0.1) is 30.6 Å². The SMILES string of the molecule is Cc1cccc(CC2(COC(=O)C(F)(F)F)CCN(Cc3cnc(C)n3Cc3ccc(C#N)cc3)CC2)c1. The van der Waals surface area contributed by atoms with E-state index in [4.69, 9.17) is 10.00 Å². The van der Waals surface area contributed by atoms with E-state index in [1.54, 1.807) is 12.1 Å². The normalized spacial score (nSPS) is 15.7. The number of halogens is 3. The van der Waals surface area contributed by atoms with E-state index in [-0.39, 0.29) is 6.61 Å². The van der Waals surface area contributed by atoms with E-state index in [9.17, 15) is 18.0 Å². The van der Waals surface area contributed by atoms with Crippen molar-refractivity contribution in [1.29, 1.82) is 5.26 Å². The van der Waals surface area contributed by atoms with Gasteiger partial charge in [0.25, 0.3) is 0 Å². The predicted octanol–water partition coefficient (Wildman–Crippen LogP) is 5.35. The maximum absolute atomic E-state index is 12.8. The van der Waals surface area contributed by atoms with E-state index < -0.39 is 17.6 Å². The summed E-state index contributed by atoms with van der Waals surface area (Å²) in [6.45, 7) is 6.28. The third kappa shape index (κ3) is 6.81. The highest BCUT2D eigenvalue weighted by molar-refractivity contribution is 5.75. The van der Waals surface area contributed by atoms with Crippen LogP contribution in [0.4, 0.5) is 13.2 Å². The van der Waals surface area contributed by atoms with Gasteiger partial charge in [0.15, 0.2) is 0 Å². The molecule has 4 rings (SSSR count). The average molecular weight is 525 g/mol. The molecule has 0 saturated carbocycles. The Bertz CT molecular complexity index is 1300. The van der Waals surface area contributed by atoms with Crippen molar-refractivity contribution in [1.82, 2.24) is 14.5 Å². The second-order valence-corrected chi connectivity index (χ2v) is 10.2. The Hall–Kier alpha value is -3.64. The molecule has 0 atom stereocenters. The second-order valence-electron chi connectivity index (χ2n) is 10.2. The lowest BCUT2D eigenvalue weighted by Crippen LogP contribution is -2.44. The first kappa shape index (κ1) is 27.4. The van der Waals surface area contributed by atoms with Crippen LogP contribution in [0.15, 0.2) is 54.7 Å². The number of esters is 1. The van der Waals surface area contributed by atoms with Crippen LogP contribution < -0.4 is 0 Å². The lowest BCUT2D eigenvalue weighted by atomic mass is 9.74. The Kier molecular flexibility index (Phi) is 8.22. The Morgan fingerprint density at radius 1 is 1.08 bits per heavy atom. The summed E-state index contributed by atoms with van der Waals surface area (Å²) in [4.78, 5) is 18.3. The number of rotatable bonds is 8. The molecule has 0 bridgehead atoms. The summed E-state index contributed by atoms with van der Waals surface area (Å²) in [5.41, 5.74) is 4.25. The first-order valence-electron chi connectivity index (χ1n) is 12.6. The van der Waals surface area contributed by atoms with E-state index in [1.807, 2.05) is 56.4 Å². The molecule has 9 heteroatoms. The van der Waals surface area contributed by atoms with Gasteiger partial charge in [0.1, 0.15) is 5.82 Å². The number of nitriles is 1. The largest absolute Gasteiger partial charge is 0.490 e. The van der Waals surface area contributed by atoms with Crippen molar-refractivity contribution < 1.29 is 22.7 Å². The summed E-state index contributed by atoms with van der Waals surface area (Å²) in [5.74, 6) is -1.25. The van der Waals surface area contributed by atoms with Crippen LogP contribution in [0.25, 0.3) is 0 Å². The number of carbonyl (C=O) groups is 1. The average Bonchev–Trinajstić information content (AvgIpc) is 3.22. The highest BCUT2D eigenvalue weighted by atomic mass is 19.4. The Labute approximate surface area is 220 Å². The first-order valence-corrected chi connectivity index (χ1v) is 12.6. The van der Waals surface area contributed by atoms with E-state index in [1.165, 1.54) is 0 Å². The zero-order chi connectivity index (χ0) is 27.3. The number of ether oxygens (including phenoxy) is 1. The number of alkyl halides is 3. The maximum Gasteiger partial charge on any atom is 0.490 e. The van der Waals surface area contributed by atoms with Gasteiger partial charge in [0.05, 0.1) is 23.9 Å². The summed E-state index contributed by atoms with van der Waals surface area (Å²) in [6, 6.07) is 17.5. The van der Waals surface area contributed by atoms with Crippen molar-refractivity contribution in [3.05, 3.63) is 88.5 Å². The molecule has 1 fully saturated rings. The Morgan fingerprint density at radius 2 is 1.79 bits per heavy atom. The lowest BCUT2D eigenvalue weighted by molar-refractivity contribution is -0.203. The quantitative estimate of drug-likeness (QED) is 0.372. The molecule has 0 unspecified atom stereocenters. The third-order valence-electron chi connectivity index (χ3n) is 7.27. The fraction of sp³-hybridized carbons (Fsp3) is 0.414. The molecule has 1 aromatic heterocycles. The van der Waals surface area contributed by atoms with Gasteiger partial charge in [-0.05, 0) is 69.5 Å². The number of hydrogen-bond acceptors (Lipinski definition) is 5. The van der Waals surface area contributed by atoms with Crippen molar-refractivity contribution in [3.63, 3.8) is 0 Å².